The highest BCUT2D eigenvalue weighted by Crippen LogP contribution is 2.29. The molecule has 3 aromatic rings. The topological polar surface area (TPSA) is 43.3 Å². The fourth-order valence-electron chi connectivity index (χ4n) is 2.32. The zero-order valence-corrected chi connectivity index (χ0v) is 10.5. The van der Waals surface area contributed by atoms with Crippen LogP contribution in [0, 0.1) is 13.8 Å². The molecule has 18 heavy (non-hydrogen) atoms. The summed E-state index contributed by atoms with van der Waals surface area (Å²) >= 11 is 0. The fraction of sp³-hybridized carbons (Fsp3) is 0.133. The van der Waals surface area contributed by atoms with Crippen LogP contribution in [-0.2, 0) is 0 Å². The number of aromatic nitrogens is 2. The van der Waals surface area contributed by atoms with Crippen molar-refractivity contribution < 1.29 is 0 Å². The van der Waals surface area contributed by atoms with Gasteiger partial charge in [0.25, 0.3) is 0 Å². The molecule has 3 nitrogen and oxygen atoms in total. The van der Waals surface area contributed by atoms with Crippen LogP contribution in [0.4, 0.5) is 5.82 Å². The Balaban J connectivity index is 2.35. The quantitative estimate of drug-likeness (QED) is 0.706. The van der Waals surface area contributed by atoms with Gasteiger partial charge in [-0.15, -0.1) is 0 Å². The molecule has 2 N–H and O–H groups in total. The third kappa shape index (κ3) is 1.48. The van der Waals surface area contributed by atoms with Gasteiger partial charge in [-0.1, -0.05) is 30.3 Å². The second-order valence-electron chi connectivity index (χ2n) is 4.52. The third-order valence-corrected chi connectivity index (χ3v) is 3.27. The van der Waals surface area contributed by atoms with Crippen LogP contribution in [0.15, 0.2) is 42.5 Å². The summed E-state index contributed by atoms with van der Waals surface area (Å²) in [6, 6.07) is 14.2. The highest BCUT2D eigenvalue weighted by Gasteiger charge is 2.13. The Hall–Kier alpha value is -2.29. The zero-order valence-electron chi connectivity index (χ0n) is 10.5. The Kier molecular flexibility index (Phi) is 2.33. The molecule has 90 valence electrons. The first-order valence-corrected chi connectivity index (χ1v) is 5.98. The fourth-order valence-corrected chi connectivity index (χ4v) is 2.32. The van der Waals surface area contributed by atoms with E-state index in [2.05, 4.69) is 24.0 Å². The van der Waals surface area contributed by atoms with E-state index in [1.54, 1.807) is 0 Å². The Bertz CT molecular complexity index is 726. The largest absolute Gasteiger partial charge is 0.383 e. The van der Waals surface area contributed by atoms with Gasteiger partial charge < -0.3 is 5.73 Å². The number of anilines is 1. The summed E-state index contributed by atoms with van der Waals surface area (Å²) in [7, 11) is 0. The van der Waals surface area contributed by atoms with E-state index >= 15 is 0 Å². The van der Waals surface area contributed by atoms with Gasteiger partial charge in [0.05, 0.1) is 0 Å². The van der Waals surface area contributed by atoms with Crippen molar-refractivity contribution in [1.29, 1.82) is 0 Å². The number of benzene rings is 1. The molecule has 0 bridgehead atoms. The van der Waals surface area contributed by atoms with Gasteiger partial charge in [0, 0.05) is 11.3 Å². The van der Waals surface area contributed by atoms with Crippen molar-refractivity contribution in [3.05, 3.63) is 53.7 Å². The van der Waals surface area contributed by atoms with Crippen molar-refractivity contribution in [2.24, 2.45) is 0 Å². The summed E-state index contributed by atoms with van der Waals surface area (Å²) in [5.74, 6) is 0.706. The van der Waals surface area contributed by atoms with E-state index in [0.717, 1.165) is 22.6 Å². The van der Waals surface area contributed by atoms with Gasteiger partial charge in [0.1, 0.15) is 17.2 Å². The molecule has 0 saturated carbocycles. The molecule has 0 aliphatic rings. The summed E-state index contributed by atoms with van der Waals surface area (Å²) in [5, 5.41) is 0. The van der Waals surface area contributed by atoms with Crippen LogP contribution in [0.5, 0.6) is 0 Å². The van der Waals surface area contributed by atoms with Gasteiger partial charge in [-0.2, -0.15) is 0 Å². The SMILES string of the molecule is Cc1ccccc1-c1nc2cccc(C)n2c1N. The second kappa shape index (κ2) is 3.88. The Morgan fingerprint density at radius 2 is 1.78 bits per heavy atom. The molecule has 0 unspecified atom stereocenters. The predicted octanol–water partition coefficient (Wildman–Crippen LogP) is 3.20. The number of rotatable bonds is 1. The van der Waals surface area contributed by atoms with Gasteiger partial charge in [0.15, 0.2) is 0 Å². The molecule has 2 aromatic heterocycles. The molecule has 3 heteroatoms. The van der Waals surface area contributed by atoms with E-state index in [1.807, 2.05) is 41.7 Å². The van der Waals surface area contributed by atoms with Crippen LogP contribution in [-0.4, -0.2) is 9.38 Å². The van der Waals surface area contributed by atoms with E-state index in [1.165, 1.54) is 5.56 Å². The van der Waals surface area contributed by atoms with E-state index in [9.17, 15) is 0 Å². The van der Waals surface area contributed by atoms with Crippen LogP contribution in [0.25, 0.3) is 16.9 Å². The lowest BCUT2D eigenvalue weighted by Gasteiger charge is -2.04. The number of aryl methyl sites for hydroxylation is 2. The molecular weight excluding hydrogens is 222 g/mol. The van der Waals surface area contributed by atoms with Gasteiger partial charge in [0.2, 0.25) is 0 Å². The van der Waals surface area contributed by atoms with Crippen LogP contribution in [0.3, 0.4) is 0 Å². The maximum atomic E-state index is 6.24. The number of fused-ring (bicyclic) bond motifs is 1. The first kappa shape index (κ1) is 10.8. The van der Waals surface area contributed by atoms with E-state index in [-0.39, 0.29) is 0 Å². The van der Waals surface area contributed by atoms with Crippen molar-refractivity contribution in [2.45, 2.75) is 13.8 Å². The normalized spacial score (nSPS) is 11.0. The molecule has 2 heterocycles. The van der Waals surface area contributed by atoms with Crippen LogP contribution in [0.1, 0.15) is 11.3 Å². The number of nitrogens with two attached hydrogens (primary N) is 1. The van der Waals surface area contributed by atoms with Crippen LogP contribution >= 0.6 is 0 Å². The first-order valence-electron chi connectivity index (χ1n) is 5.98. The predicted molar refractivity (Wildman–Crippen MR) is 74.5 cm³/mol. The van der Waals surface area contributed by atoms with Crippen LogP contribution < -0.4 is 5.73 Å². The molecule has 0 amide bonds. The number of hydrogen-bond donors (Lipinski definition) is 1. The lowest BCUT2D eigenvalue weighted by Crippen LogP contribution is -1.97. The minimum absolute atomic E-state index is 0.706. The third-order valence-electron chi connectivity index (χ3n) is 3.27. The molecule has 0 radical (unpaired) electrons. The average Bonchev–Trinajstić information content (AvgIpc) is 2.69. The summed E-state index contributed by atoms with van der Waals surface area (Å²) < 4.78 is 1.99. The molecule has 0 aliphatic carbocycles. The lowest BCUT2D eigenvalue weighted by molar-refractivity contribution is 1.10. The summed E-state index contributed by atoms with van der Waals surface area (Å²) in [6.45, 7) is 4.11. The molecule has 0 saturated heterocycles. The van der Waals surface area contributed by atoms with E-state index in [4.69, 9.17) is 5.73 Å². The minimum atomic E-state index is 0.706. The van der Waals surface area contributed by atoms with Gasteiger partial charge in [-0.05, 0) is 31.5 Å². The Morgan fingerprint density at radius 3 is 2.50 bits per heavy atom. The van der Waals surface area contributed by atoms with Gasteiger partial charge >= 0.3 is 0 Å². The number of imidazole rings is 1. The summed E-state index contributed by atoms with van der Waals surface area (Å²) in [6.07, 6.45) is 0. The number of nitrogen functional groups attached to an aromatic ring is 1. The standard InChI is InChI=1S/C15H15N3/c1-10-6-3-4-8-12(10)14-15(16)18-11(2)7-5-9-13(18)17-14/h3-9H,16H2,1-2H3. The van der Waals surface area contributed by atoms with E-state index < -0.39 is 0 Å². The first-order chi connectivity index (χ1) is 8.68. The Labute approximate surface area is 106 Å². The van der Waals surface area contributed by atoms with Crippen molar-refractivity contribution >= 4 is 11.5 Å². The minimum Gasteiger partial charge on any atom is -0.383 e. The Morgan fingerprint density at radius 1 is 1.00 bits per heavy atom. The zero-order chi connectivity index (χ0) is 12.7. The molecule has 0 atom stereocenters. The van der Waals surface area contributed by atoms with Crippen molar-refractivity contribution in [3.8, 4) is 11.3 Å². The van der Waals surface area contributed by atoms with Gasteiger partial charge in [-0.3, -0.25) is 4.40 Å². The molecule has 1 aromatic carbocycles. The van der Waals surface area contributed by atoms with Crippen LogP contribution in [0.2, 0.25) is 0 Å². The van der Waals surface area contributed by atoms with Crippen molar-refractivity contribution in [1.82, 2.24) is 9.38 Å². The lowest BCUT2D eigenvalue weighted by atomic mass is 10.1. The molecule has 0 aliphatic heterocycles. The van der Waals surface area contributed by atoms with Crippen molar-refractivity contribution in [3.63, 3.8) is 0 Å². The van der Waals surface area contributed by atoms with E-state index in [0.29, 0.717) is 5.82 Å². The average molecular weight is 237 g/mol. The highest BCUT2D eigenvalue weighted by atomic mass is 15.1. The molecule has 0 fully saturated rings. The monoisotopic (exact) mass is 237 g/mol. The maximum absolute atomic E-state index is 6.24. The highest BCUT2D eigenvalue weighted by molar-refractivity contribution is 5.77. The smallest absolute Gasteiger partial charge is 0.139 e. The number of pyridine rings is 1. The number of nitrogens with zero attached hydrogens (tertiary/aromatic N) is 2. The number of hydrogen-bond acceptors (Lipinski definition) is 2. The molecule has 0 spiro atoms. The summed E-state index contributed by atoms with van der Waals surface area (Å²) in [4.78, 5) is 4.64. The molecule has 3 rings (SSSR count). The van der Waals surface area contributed by atoms with Crippen molar-refractivity contribution in [2.75, 3.05) is 5.73 Å². The summed E-state index contributed by atoms with van der Waals surface area (Å²) in [5.41, 5.74) is 11.4. The molecular formula is C15H15N3. The van der Waals surface area contributed by atoms with Gasteiger partial charge in [-0.25, -0.2) is 4.98 Å². The maximum Gasteiger partial charge on any atom is 0.139 e. The second-order valence-corrected chi connectivity index (χ2v) is 4.52.